The van der Waals surface area contributed by atoms with Crippen molar-refractivity contribution in [3.05, 3.63) is 53.6 Å². The van der Waals surface area contributed by atoms with E-state index in [1.165, 1.54) is 18.6 Å². The lowest BCUT2D eigenvalue weighted by molar-refractivity contribution is 0.0619. The summed E-state index contributed by atoms with van der Waals surface area (Å²) in [4.78, 5) is 11.6. The molecule has 1 atom stereocenters. The molecule has 0 aromatic heterocycles. The van der Waals surface area contributed by atoms with E-state index < -0.39 is 6.10 Å². The molecule has 1 unspecified atom stereocenters. The lowest BCUT2D eigenvalue weighted by Gasteiger charge is -2.19. The van der Waals surface area contributed by atoms with Gasteiger partial charge < -0.3 is 19.7 Å². The highest BCUT2D eigenvalue weighted by molar-refractivity contribution is 5.99. The third kappa shape index (κ3) is 5.23. The van der Waals surface area contributed by atoms with Gasteiger partial charge in [0.25, 0.3) is 0 Å². The first-order chi connectivity index (χ1) is 12.2. The number of benzene rings is 2. The largest absolute Gasteiger partial charge is 0.507 e. The summed E-state index contributed by atoms with van der Waals surface area (Å²) in [6.07, 6.45) is -0.876. The van der Waals surface area contributed by atoms with Crippen LogP contribution in [0.1, 0.15) is 43.6 Å². The van der Waals surface area contributed by atoms with Gasteiger partial charge in [0.05, 0.1) is 0 Å². The number of carbonyl (C=O) groups is 1. The van der Waals surface area contributed by atoms with E-state index in [1.807, 2.05) is 24.3 Å². The molecule has 0 saturated carbocycles. The van der Waals surface area contributed by atoms with Crippen LogP contribution in [0.3, 0.4) is 0 Å². The predicted molar refractivity (Wildman–Crippen MR) is 100 cm³/mol. The third-order valence-corrected chi connectivity index (χ3v) is 3.95. The summed E-state index contributed by atoms with van der Waals surface area (Å²) in [6, 6.07) is 12.3. The van der Waals surface area contributed by atoms with Crippen LogP contribution in [0.2, 0.25) is 0 Å². The molecule has 0 heterocycles. The van der Waals surface area contributed by atoms with Gasteiger partial charge in [-0.3, -0.25) is 4.79 Å². The molecule has 0 aliphatic heterocycles. The van der Waals surface area contributed by atoms with Gasteiger partial charge in [0.15, 0.2) is 5.78 Å². The molecule has 5 heteroatoms. The molecule has 0 aliphatic rings. The van der Waals surface area contributed by atoms with Gasteiger partial charge in [-0.05, 0) is 42.2 Å². The second-order valence-electron chi connectivity index (χ2n) is 7.26. The molecule has 0 saturated heterocycles. The zero-order chi connectivity index (χ0) is 19.3. The Hall–Kier alpha value is -2.53. The summed E-state index contributed by atoms with van der Waals surface area (Å²) < 4.78 is 11.1. The molecule has 0 amide bonds. The van der Waals surface area contributed by atoms with Gasteiger partial charge in [-0.15, -0.1) is 0 Å². The summed E-state index contributed by atoms with van der Waals surface area (Å²) in [5.41, 5.74) is 1.38. The molecule has 140 valence electrons. The van der Waals surface area contributed by atoms with Gasteiger partial charge in [-0.2, -0.15) is 0 Å². The van der Waals surface area contributed by atoms with Gasteiger partial charge in [-0.25, -0.2) is 0 Å². The molecular weight excluding hydrogens is 332 g/mol. The Labute approximate surface area is 154 Å². The number of carbonyl (C=O) groups excluding carboxylic acids is 1. The Morgan fingerprint density at radius 3 is 2.23 bits per heavy atom. The fourth-order valence-electron chi connectivity index (χ4n) is 2.47. The van der Waals surface area contributed by atoms with Crippen molar-refractivity contribution >= 4 is 5.78 Å². The van der Waals surface area contributed by atoms with Crippen LogP contribution >= 0.6 is 0 Å². The fraction of sp³-hybridized carbons (Fsp3) is 0.381. The van der Waals surface area contributed by atoms with Gasteiger partial charge in [0.1, 0.15) is 42.1 Å². The monoisotopic (exact) mass is 358 g/mol. The van der Waals surface area contributed by atoms with Crippen LogP contribution in [0.25, 0.3) is 0 Å². The Morgan fingerprint density at radius 1 is 1.04 bits per heavy atom. The van der Waals surface area contributed by atoms with E-state index in [1.54, 1.807) is 12.1 Å². The number of aliphatic hydroxyl groups excluding tert-OH is 1. The van der Waals surface area contributed by atoms with E-state index in [9.17, 15) is 15.0 Å². The minimum atomic E-state index is -0.876. The van der Waals surface area contributed by atoms with Crippen molar-refractivity contribution < 1.29 is 24.5 Å². The molecule has 2 aromatic rings. The molecule has 0 radical (unpaired) electrons. The van der Waals surface area contributed by atoms with Crippen molar-refractivity contribution in [1.82, 2.24) is 0 Å². The molecule has 26 heavy (non-hydrogen) atoms. The standard InChI is InChI=1S/C21H26O5/c1-14(22)20-18(24)6-5-7-19(20)26-13-16(23)12-25-17-10-8-15(9-11-17)21(2,3)4/h5-11,16,23-24H,12-13H2,1-4H3. The zero-order valence-electron chi connectivity index (χ0n) is 15.7. The van der Waals surface area contributed by atoms with Gasteiger partial charge in [0, 0.05) is 0 Å². The van der Waals surface area contributed by atoms with E-state index in [2.05, 4.69) is 20.8 Å². The molecular formula is C21H26O5. The second-order valence-corrected chi connectivity index (χ2v) is 7.26. The Balaban J connectivity index is 1.89. The van der Waals surface area contributed by atoms with Gasteiger partial charge in [0.2, 0.25) is 0 Å². The van der Waals surface area contributed by atoms with Crippen LogP contribution in [0.4, 0.5) is 0 Å². The highest BCUT2D eigenvalue weighted by atomic mass is 16.5. The van der Waals surface area contributed by atoms with Crippen molar-refractivity contribution in [2.75, 3.05) is 13.2 Å². The van der Waals surface area contributed by atoms with Crippen LogP contribution in [0.5, 0.6) is 17.2 Å². The summed E-state index contributed by atoms with van der Waals surface area (Å²) in [5.74, 6) is 0.465. The number of phenols is 1. The van der Waals surface area contributed by atoms with E-state index in [-0.39, 0.29) is 41.5 Å². The number of rotatable bonds is 7. The molecule has 0 bridgehead atoms. The Bertz CT molecular complexity index is 744. The first-order valence-electron chi connectivity index (χ1n) is 8.55. The van der Waals surface area contributed by atoms with Crippen LogP contribution in [-0.4, -0.2) is 35.3 Å². The van der Waals surface area contributed by atoms with Crippen LogP contribution in [0.15, 0.2) is 42.5 Å². The molecule has 2 rings (SSSR count). The SMILES string of the molecule is CC(=O)c1c(O)cccc1OCC(O)COc1ccc(C(C)(C)C)cc1. The summed E-state index contributed by atoms with van der Waals surface area (Å²) in [6.45, 7) is 7.78. The number of hydrogen-bond acceptors (Lipinski definition) is 5. The van der Waals surface area contributed by atoms with Crippen LogP contribution in [-0.2, 0) is 5.41 Å². The average molecular weight is 358 g/mol. The normalized spacial score (nSPS) is 12.5. The maximum atomic E-state index is 11.6. The van der Waals surface area contributed by atoms with Crippen molar-refractivity contribution in [3.8, 4) is 17.2 Å². The number of hydrogen-bond donors (Lipinski definition) is 2. The minimum absolute atomic E-state index is 0.0518. The summed E-state index contributed by atoms with van der Waals surface area (Å²) in [5, 5.41) is 19.8. The lowest BCUT2D eigenvalue weighted by Crippen LogP contribution is -2.25. The number of ketones is 1. The summed E-state index contributed by atoms with van der Waals surface area (Å²) in [7, 11) is 0. The Kier molecular flexibility index (Phi) is 6.27. The number of Topliss-reactive ketones (excluding diaryl/α,β-unsaturated/α-hetero) is 1. The van der Waals surface area contributed by atoms with Crippen molar-refractivity contribution in [1.29, 1.82) is 0 Å². The summed E-state index contributed by atoms with van der Waals surface area (Å²) >= 11 is 0. The van der Waals surface area contributed by atoms with Crippen molar-refractivity contribution in [3.63, 3.8) is 0 Å². The van der Waals surface area contributed by atoms with E-state index in [4.69, 9.17) is 9.47 Å². The fourth-order valence-corrected chi connectivity index (χ4v) is 2.47. The van der Waals surface area contributed by atoms with Crippen molar-refractivity contribution in [2.24, 2.45) is 0 Å². The maximum Gasteiger partial charge on any atom is 0.167 e. The highest BCUT2D eigenvalue weighted by Gasteiger charge is 2.16. The quantitative estimate of drug-likeness (QED) is 0.738. The van der Waals surface area contributed by atoms with Gasteiger partial charge >= 0.3 is 0 Å². The van der Waals surface area contributed by atoms with Crippen LogP contribution in [0, 0.1) is 0 Å². The van der Waals surface area contributed by atoms with E-state index in [0.29, 0.717) is 5.75 Å². The predicted octanol–water partition coefficient (Wildman–Crippen LogP) is 3.71. The number of ether oxygens (including phenoxy) is 2. The molecule has 0 aliphatic carbocycles. The topological polar surface area (TPSA) is 76.0 Å². The minimum Gasteiger partial charge on any atom is -0.507 e. The first kappa shape index (κ1) is 19.8. The zero-order valence-corrected chi connectivity index (χ0v) is 15.7. The smallest absolute Gasteiger partial charge is 0.167 e. The number of aromatic hydroxyl groups is 1. The highest BCUT2D eigenvalue weighted by Crippen LogP contribution is 2.28. The first-order valence-corrected chi connectivity index (χ1v) is 8.55. The average Bonchev–Trinajstić information content (AvgIpc) is 2.57. The molecule has 2 aromatic carbocycles. The maximum absolute atomic E-state index is 11.6. The number of aliphatic hydroxyl groups is 1. The van der Waals surface area contributed by atoms with Crippen molar-refractivity contribution in [2.45, 2.75) is 39.2 Å². The molecule has 0 spiro atoms. The number of phenolic OH excluding ortho intramolecular Hbond substituents is 1. The lowest BCUT2D eigenvalue weighted by atomic mass is 9.87. The van der Waals surface area contributed by atoms with Gasteiger partial charge in [-0.1, -0.05) is 39.0 Å². The Morgan fingerprint density at radius 2 is 1.65 bits per heavy atom. The third-order valence-electron chi connectivity index (χ3n) is 3.95. The van der Waals surface area contributed by atoms with Crippen LogP contribution < -0.4 is 9.47 Å². The molecule has 2 N–H and O–H groups in total. The second kappa shape index (κ2) is 8.23. The molecule has 5 nitrogen and oxygen atoms in total. The van der Waals surface area contributed by atoms with E-state index in [0.717, 1.165) is 0 Å². The molecule has 0 fully saturated rings. The van der Waals surface area contributed by atoms with E-state index >= 15 is 0 Å².